The molecule has 1 amide bonds. The average Bonchev–Trinajstić information content (AvgIpc) is 3.29. The molecule has 2 aliphatic rings. The lowest BCUT2D eigenvalue weighted by Crippen LogP contribution is -2.37. The summed E-state index contributed by atoms with van der Waals surface area (Å²) in [6.07, 6.45) is 11.0. The zero-order valence-electron chi connectivity index (χ0n) is 16.2. The Kier molecular flexibility index (Phi) is 6.19. The number of imidazole rings is 1. The zero-order valence-corrected chi connectivity index (χ0v) is 16.2. The summed E-state index contributed by atoms with van der Waals surface area (Å²) in [6.45, 7) is 4.72. The lowest BCUT2D eigenvalue weighted by Gasteiger charge is -2.26. The summed E-state index contributed by atoms with van der Waals surface area (Å²) in [4.78, 5) is 21.8. The highest BCUT2D eigenvalue weighted by Crippen LogP contribution is 2.33. The van der Waals surface area contributed by atoms with E-state index in [-0.39, 0.29) is 5.91 Å². The number of carbonyl (C=O) groups is 1. The number of aromatic amines is 1. The maximum absolute atomic E-state index is 12.5. The first-order chi connectivity index (χ1) is 13.8. The standard InChI is InChI=1S/C22H28N4O2/c27-22(21-15-23-16-24-21)25-20-7-6-17(8-9-26-10-12-28-13-11-26)14-19(20)18-4-2-1-3-5-18/h4,6-7,14-16H,1-3,5,8-13H2,(H,23,24)(H,25,27). The molecule has 4 rings (SSSR count). The fraction of sp³-hybridized carbons (Fsp3) is 0.455. The summed E-state index contributed by atoms with van der Waals surface area (Å²) >= 11 is 0. The van der Waals surface area contributed by atoms with Gasteiger partial charge >= 0.3 is 0 Å². The first kappa shape index (κ1) is 18.9. The van der Waals surface area contributed by atoms with Crippen molar-refractivity contribution in [3.05, 3.63) is 53.6 Å². The van der Waals surface area contributed by atoms with Gasteiger partial charge < -0.3 is 15.0 Å². The molecule has 2 aromatic rings. The number of aromatic nitrogens is 2. The second kappa shape index (κ2) is 9.17. The molecule has 0 saturated carbocycles. The van der Waals surface area contributed by atoms with Crippen molar-refractivity contribution >= 4 is 17.2 Å². The van der Waals surface area contributed by atoms with Crippen LogP contribution in [0.4, 0.5) is 5.69 Å². The summed E-state index contributed by atoms with van der Waals surface area (Å²) in [5.41, 5.74) is 5.17. The van der Waals surface area contributed by atoms with E-state index in [0.29, 0.717) is 5.69 Å². The van der Waals surface area contributed by atoms with Crippen molar-refractivity contribution in [2.75, 3.05) is 38.2 Å². The van der Waals surface area contributed by atoms with Gasteiger partial charge in [0.15, 0.2) is 0 Å². The molecule has 1 aromatic carbocycles. The number of morpholine rings is 1. The number of rotatable bonds is 6. The van der Waals surface area contributed by atoms with Gasteiger partial charge in [0.25, 0.3) is 5.91 Å². The van der Waals surface area contributed by atoms with E-state index in [1.165, 1.54) is 30.3 Å². The molecule has 1 fully saturated rings. The molecule has 0 unspecified atom stereocenters. The second-order valence-electron chi connectivity index (χ2n) is 7.48. The molecule has 1 aliphatic carbocycles. The summed E-state index contributed by atoms with van der Waals surface area (Å²) in [5, 5.41) is 3.06. The predicted molar refractivity (Wildman–Crippen MR) is 110 cm³/mol. The van der Waals surface area contributed by atoms with Crippen LogP contribution in [0.3, 0.4) is 0 Å². The molecule has 0 radical (unpaired) electrons. The number of amides is 1. The molecular weight excluding hydrogens is 352 g/mol. The third-order valence-electron chi connectivity index (χ3n) is 5.53. The largest absolute Gasteiger partial charge is 0.379 e. The minimum absolute atomic E-state index is 0.156. The molecular formula is C22H28N4O2. The van der Waals surface area contributed by atoms with Crippen LogP contribution in [-0.4, -0.2) is 53.6 Å². The number of anilines is 1. The van der Waals surface area contributed by atoms with Crippen molar-refractivity contribution < 1.29 is 9.53 Å². The van der Waals surface area contributed by atoms with E-state index in [0.717, 1.165) is 63.4 Å². The highest BCUT2D eigenvalue weighted by atomic mass is 16.5. The van der Waals surface area contributed by atoms with Gasteiger partial charge in [-0.3, -0.25) is 9.69 Å². The SMILES string of the molecule is O=C(Nc1ccc(CCN2CCOCC2)cc1C1=CCCCC1)c1cnc[nH]1. The van der Waals surface area contributed by atoms with Crippen LogP contribution >= 0.6 is 0 Å². The fourth-order valence-electron chi connectivity index (χ4n) is 3.89. The first-order valence-electron chi connectivity index (χ1n) is 10.2. The summed E-state index contributed by atoms with van der Waals surface area (Å²) in [6, 6.07) is 6.45. The molecule has 2 heterocycles. The van der Waals surface area contributed by atoms with Crippen molar-refractivity contribution in [2.45, 2.75) is 32.1 Å². The van der Waals surface area contributed by atoms with Gasteiger partial charge in [0.2, 0.25) is 0 Å². The maximum atomic E-state index is 12.5. The smallest absolute Gasteiger partial charge is 0.273 e. The topological polar surface area (TPSA) is 70.2 Å². The number of nitrogens with zero attached hydrogens (tertiary/aromatic N) is 2. The number of hydrogen-bond donors (Lipinski definition) is 2. The Hall–Kier alpha value is -2.44. The van der Waals surface area contributed by atoms with Crippen molar-refractivity contribution in [3.63, 3.8) is 0 Å². The summed E-state index contributed by atoms with van der Waals surface area (Å²) in [7, 11) is 0. The van der Waals surface area contributed by atoms with Gasteiger partial charge in [-0.15, -0.1) is 0 Å². The third kappa shape index (κ3) is 4.69. The van der Waals surface area contributed by atoms with Gasteiger partial charge in [0, 0.05) is 30.9 Å². The van der Waals surface area contributed by atoms with Crippen LogP contribution in [-0.2, 0) is 11.2 Å². The Morgan fingerprint density at radius 2 is 2.14 bits per heavy atom. The number of hydrogen-bond acceptors (Lipinski definition) is 4. The molecule has 1 saturated heterocycles. The lowest BCUT2D eigenvalue weighted by atomic mass is 9.91. The number of nitrogens with one attached hydrogen (secondary N) is 2. The average molecular weight is 380 g/mol. The van der Waals surface area contributed by atoms with E-state index in [1.807, 2.05) is 6.07 Å². The lowest BCUT2D eigenvalue weighted by molar-refractivity contribution is 0.0384. The number of ether oxygens (including phenoxy) is 1. The molecule has 2 N–H and O–H groups in total. The second-order valence-corrected chi connectivity index (χ2v) is 7.48. The van der Waals surface area contributed by atoms with Gasteiger partial charge in [-0.05, 0) is 55.4 Å². The fourth-order valence-corrected chi connectivity index (χ4v) is 3.89. The van der Waals surface area contributed by atoms with Crippen molar-refractivity contribution in [2.24, 2.45) is 0 Å². The van der Waals surface area contributed by atoms with Gasteiger partial charge in [-0.2, -0.15) is 0 Å². The predicted octanol–water partition coefficient (Wildman–Crippen LogP) is 3.49. The normalized spacial score (nSPS) is 17.9. The van der Waals surface area contributed by atoms with Crippen LogP contribution in [0.25, 0.3) is 5.57 Å². The molecule has 0 bridgehead atoms. The van der Waals surface area contributed by atoms with Crippen LogP contribution in [0.15, 0.2) is 36.8 Å². The summed E-state index contributed by atoms with van der Waals surface area (Å²) < 4.78 is 5.44. The van der Waals surface area contributed by atoms with Crippen LogP contribution in [0.2, 0.25) is 0 Å². The van der Waals surface area contributed by atoms with E-state index >= 15 is 0 Å². The van der Waals surface area contributed by atoms with E-state index in [2.05, 4.69) is 38.4 Å². The van der Waals surface area contributed by atoms with Gasteiger partial charge in [-0.1, -0.05) is 12.1 Å². The molecule has 28 heavy (non-hydrogen) atoms. The minimum Gasteiger partial charge on any atom is -0.379 e. The van der Waals surface area contributed by atoms with Crippen molar-refractivity contribution in [1.29, 1.82) is 0 Å². The van der Waals surface area contributed by atoms with Crippen molar-refractivity contribution in [1.82, 2.24) is 14.9 Å². The summed E-state index contributed by atoms with van der Waals surface area (Å²) in [5.74, 6) is -0.156. The van der Waals surface area contributed by atoms with Gasteiger partial charge in [-0.25, -0.2) is 4.98 Å². The van der Waals surface area contributed by atoms with Crippen LogP contribution < -0.4 is 5.32 Å². The first-order valence-corrected chi connectivity index (χ1v) is 10.2. The molecule has 6 heteroatoms. The quantitative estimate of drug-likeness (QED) is 0.805. The van der Waals surface area contributed by atoms with Crippen LogP contribution in [0, 0.1) is 0 Å². The highest BCUT2D eigenvalue weighted by Gasteiger charge is 2.16. The third-order valence-corrected chi connectivity index (χ3v) is 5.53. The molecule has 0 atom stereocenters. The monoisotopic (exact) mass is 380 g/mol. The van der Waals surface area contributed by atoms with E-state index in [4.69, 9.17) is 4.74 Å². The van der Waals surface area contributed by atoms with Gasteiger partial charge in [0.05, 0.1) is 25.7 Å². The Balaban J connectivity index is 1.53. The molecule has 6 nitrogen and oxygen atoms in total. The van der Waals surface area contributed by atoms with Crippen LogP contribution in [0.1, 0.15) is 47.3 Å². The minimum atomic E-state index is -0.156. The number of allylic oxidation sites excluding steroid dienone is 2. The Labute approximate surface area is 166 Å². The molecule has 1 aliphatic heterocycles. The van der Waals surface area contributed by atoms with E-state index in [9.17, 15) is 4.79 Å². The molecule has 148 valence electrons. The Morgan fingerprint density at radius 3 is 2.89 bits per heavy atom. The number of carbonyl (C=O) groups excluding carboxylic acids is 1. The number of benzene rings is 1. The Morgan fingerprint density at radius 1 is 1.25 bits per heavy atom. The highest BCUT2D eigenvalue weighted by molar-refractivity contribution is 6.04. The van der Waals surface area contributed by atoms with Crippen molar-refractivity contribution in [3.8, 4) is 0 Å². The van der Waals surface area contributed by atoms with E-state index < -0.39 is 0 Å². The maximum Gasteiger partial charge on any atom is 0.273 e. The number of H-pyrrole nitrogens is 1. The molecule has 1 aromatic heterocycles. The zero-order chi connectivity index (χ0) is 19.2. The molecule has 0 spiro atoms. The van der Waals surface area contributed by atoms with Crippen LogP contribution in [0.5, 0.6) is 0 Å². The van der Waals surface area contributed by atoms with Gasteiger partial charge in [0.1, 0.15) is 5.69 Å². The van der Waals surface area contributed by atoms with E-state index in [1.54, 1.807) is 6.20 Å². The Bertz CT molecular complexity index is 823.